The van der Waals surface area contributed by atoms with E-state index in [4.69, 9.17) is 9.73 Å². The van der Waals surface area contributed by atoms with E-state index in [9.17, 15) is 0 Å². The molecular weight excluding hydrogens is 380 g/mol. The molecule has 0 spiro atoms. The second-order valence-corrected chi connectivity index (χ2v) is 9.35. The van der Waals surface area contributed by atoms with Crippen molar-refractivity contribution >= 4 is 6.34 Å². The van der Waals surface area contributed by atoms with Gasteiger partial charge >= 0.3 is 0 Å². The molecule has 2 aliphatic rings. The maximum atomic E-state index is 5.37. The summed E-state index contributed by atoms with van der Waals surface area (Å²) < 4.78 is 5.37. The number of nitrogens with zero attached hydrogens (tertiary/aromatic N) is 2. The maximum Gasteiger partial charge on any atom is 0.118 e. The fourth-order valence-corrected chi connectivity index (χ4v) is 5.02. The molecule has 0 saturated carbocycles. The molecule has 3 nitrogen and oxygen atoms in total. The lowest BCUT2D eigenvalue weighted by Gasteiger charge is -2.39. The Morgan fingerprint density at radius 2 is 1.77 bits per heavy atom. The smallest absolute Gasteiger partial charge is 0.118 e. The molecule has 1 aliphatic heterocycles. The van der Waals surface area contributed by atoms with Crippen molar-refractivity contribution in [2.75, 3.05) is 26.7 Å². The Balaban J connectivity index is 1.45. The van der Waals surface area contributed by atoms with Crippen LogP contribution in [0.5, 0.6) is 5.75 Å². The van der Waals surface area contributed by atoms with Gasteiger partial charge in [-0.2, -0.15) is 0 Å². The van der Waals surface area contributed by atoms with Crippen LogP contribution in [0.4, 0.5) is 0 Å². The molecule has 0 amide bonds. The summed E-state index contributed by atoms with van der Waals surface area (Å²) in [7, 11) is 1.73. The highest BCUT2D eigenvalue weighted by Crippen LogP contribution is 2.41. The van der Waals surface area contributed by atoms with Gasteiger partial charge in [-0.1, -0.05) is 75.5 Å². The Hall–Kier alpha value is -2.03. The van der Waals surface area contributed by atoms with E-state index in [1.165, 1.54) is 63.4 Å². The molecular formula is C28H42N2O. The van der Waals surface area contributed by atoms with Crippen molar-refractivity contribution in [1.29, 1.82) is 0 Å². The van der Waals surface area contributed by atoms with Crippen molar-refractivity contribution in [3.8, 4) is 5.75 Å². The van der Waals surface area contributed by atoms with Gasteiger partial charge in [0, 0.05) is 25.0 Å². The standard InChI is InChI=1S/C28H42N2O/c1-3-4-5-6-7-11-20-29-24-30-21-16-25(17-22-30)23-28(18-9-8-10-19-28)26-12-14-27(31-2)15-13-26/h8-10,12-15,18,24-25H,3-7,11,16-17,19-23H2,1-2H3. The first-order valence-corrected chi connectivity index (χ1v) is 12.5. The van der Waals surface area contributed by atoms with Crippen LogP contribution in [-0.2, 0) is 5.41 Å². The maximum absolute atomic E-state index is 5.37. The number of unbranched alkanes of at least 4 members (excludes halogenated alkanes) is 5. The monoisotopic (exact) mass is 422 g/mol. The molecule has 0 bridgehead atoms. The molecule has 1 unspecified atom stereocenters. The Bertz CT molecular complexity index is 713. The van der Waals surface area contributed by atoms with Gasteiger partial charge in [-0.3, -0.25) is 4.99 Å². The lowest BCUT2D eigenvalue weighted by molar-refractivity contribution is 0.232. The Kier molecular flexibility index (Phi) is 9.71. The largest absolute Gasteiger partial charge is 0.497 e. The summed E-state index contributed by atoms with van der Waals surface area (Å²) in [5.74, 6) is 1.70. The number of piperidine rings is 1. The average Bonchev–Trinajstić information content (AvgIpc) is 2.82. The molecule has 1 aliphatic carbocycles. The van der Waals surface area contributed by atoms with E-state index in [0.717, 1.165) is 37.7 Å². The normalized spacial score (nSPS) is 21.8. The second-order valence-electron chi connectivity index (χ2n) is 9.35. The summed E-state index contributed by atoms with van der Waals surface area (Å²) in [6.07, 6.45) is 24.2. The van der Waals surface area contributed by atoms with Gasteiger partial charge in [0.25, 0.3) is 0 Å². The molecule has 31 heavy (non-hydrogen) atoms. The zero-order valence-electron chi connectivity index (χ0n) is 19.8. The highest BCUT2D eigenvalue weighted by molar-refractivity contribution is 5.55. The van der Waals surface area contributed by atoms with E-state index in [0.29, 0.717) is 0 Å². The van der Waals surface area contributed by atoms with Crippen LogP contribution >= 0.6 is 0 Å². The molecule has 0 aromatic heterocycles. The van der Waals surface area contributed by atoms with Crippen LogP contribution in [0.15, 0.2) is 53.6 Å². The fraction of sp³-hybridized carbons (Fsp3) is 0.607. The third-order valence-electron chi connectivity index (χ3n) is 7.00. The van der Waals surface area contributed by atoms with E-state index < -0.39 is 0 Å². The van der Waals surface area contributed by atoms with Crippen molar-refractivity contribution in [2.24, 2.45) is 10.9 Å². The van der Waals surface area contributed by atoms with Gasteiger partial charge in [-0.05, 0) is 55.7 Å². The van der Waals surface area contributed by atoms with E-state index in [1.54, 1.807) is 7.11 Å². The Labute approximate surface area is 190 Å². The van der Waals surface area contributed by atoms with E-state index in [2.05, 4.69) is 66.7 Å². The first kappa shape index (κ1) is 23.6. The SMILES string of the molecule is CCCCCCCCN=CN1CCC(CC2(c3ccc(OC)cc3)C=CC=CC2)CC1. The first-order chi connectivity index (χ1) is 15.3. The van der Waals surface area contributed by atoms with Crippen LogP contribution in [0.25, 0.3) is 0 Å². The van der Waals surface area contributed by atoms with Gasteiger partial charge in [0.1, 0.15) is 5.75 Å². The van der Waals surface area contributed by atoms with Gasteiger partial charge in [0.2, 0.25) is 0 Å². The molecule has 170 valence electrons. The minimum absolute atomic E-state index is 0.125. The third kappa shape index (κ3) is 7.26. The number of hydrogen-bond donors (Lipinski definition) is 0. The number of methoxy groups -OCH3 is 1. The Morgan fingerprint density at radius 1 is 1.03 bits per heavy atom. The van der Waals surface area contributed by atoms with Crippen LogP contribution in [0, 0.1) is 5.92 Å². The molecule has 3 rings (SSSR count). The van der Waals surface area contributed by atoms with Gasteiger partial charge in [-0.25, -0.2) is 0 Å². The number of rotatable bonds is 12. The summed E-state index contributed by atoms with van der Waals surface area (Å²) >= 11 is 0. The van der Waals surface area contributed by atoms with Crippen LogP contribution in [0.1, 0.15) is 76.7 Å². The molecule has 1 aromatic carbocycles. The van der Waals surface area contributed by atoms with Crippen molar-refractivity contribution in [3.05, 3.63) is 54.1 Å². The molecule has 0 N–H and O–H groups in total. The van der Waals surface area contributed by atoms with Crippen molar-refractivity contribution in [1.82, 2.24) is 4.90 Å². The topological polar surface area (TPSA) is 24.8 Å². The first-order valence-electron chi connectivity index (χ1n) is 12.5. The van der Waals surface area contributed by atoms with E-state index >= 15 is 0 Å². The zero-order chi connectivity index (χ0) is 21.8. The van der Waals surface area contributed by atoms with Crippen molar-refractivity contribution < 1.29 is 4.74 Å². The van der Waals surface area contributed by atoms with Crippen LogP contribution in [0.3, 0.4) is 0 Å². The highest BCUT2D eigenvalue weighted by atomic mass is 16.5. The van der Waals surface area contributed by atoms with E-state index in [1.807, 2.05) is 0 Å². The number of ether oxygens (including phenoxy) is 1. The van der Waals surface area contributed by atoms with Crippen LogP contribution in [0.2, 0.25) is 0 Å². The van der Waals surface area contributed by atoms with Crippen LogP contribution < -0.4 is 4.74 Å². The van der Waals surface area contributed by atoms with Crippen molar-refractivity contribution in [3.63, 3.8) is 0 Å². The van der Waals surface area contributed by atoms with Gasteiger partial charge in [-0.15, -0.1) is 0 Å². The highest BCUT2D eigenvalue weighted by Gasteiger charge is 2.33. The molecule has 1 heterocycles. The van der Waals surface area contributed by atoms with Crippen LogP contribution in [-0.4, -0.2) is 38.0 Å². The minimum Gasteiger partial charge on any atom is -0.497 e. The Morgan fingerprint density at radius 3 is 2.45 bits per heavy atom. The van der Waals surface area contributed by atoms with Crippen molar-refractivity contribution in [2.45, 2.75) is 76.5 Å². The fourth-order valence-electron chi connectivity index (χ4n) is 5.02. The lowest BCUT2D eigenvalue weighted by Crippen LogP contribution is -2.36. The minimum atomic E-state index is 0.125. The summed E-state index contributed by atoms with van der Waals surface area (Å²) in [6.45, 7) is 5.55. The van der Waals surface area contributed by atoms with Gasteiger partial charge < -0.3 is 9.64 Å². The summed E-state index contributed by atoms with van der Waals surface area (Å²) in [5.41, 5.74) is 1.54. The number of allylic oxidation sites excluding steroid dienone is 4. The summed E-state index contributed by atoms with van der Waals surface area (Å²) in [5, 5.41) is 0. The predicted octanol–water partition coefficient (Wildman–Crippen LogP) is 6.94. The predicted molar refractivity (Wildman–Crippen MR) is 133 cm³/mol. The average molecular weight is 423 g/mol. The zero-order valence-corrected chi connectivity index (χ0v) is 19.8. The number of hydrogen-bond acceptors (Lipinski definition) is 2. The number of likely N-dealkylation sites (tertiary alicyclic amines) is 1. The van der Waals surface area contributed by atoms with E-state index in [-0.39, 0.29) is 5.41 Å². The quantitative estimate of drug-likeness (QED) is 0.207. The second kappa shape index (κ2) is 12.7. The summed E-state index contributed by atoms with van der Waals surface area (Å²) in [4.78, 5) is 7.13. The lowest BCUT2D eigenvalue weighted by atomic mass is 9.68. The molecule has 3 heteroatoms. The molecule has 1 fully saturated rings. The third-order valence-corrected chi connectivity index (χ3v) is 7.00. The molecule has 1 atom stereocenters. The number of benzene rings is 1. The summed E-state index contributed by atoms with van der Waals surface area (Å²) in [6, 6.07) is 8.72. The molecule has 0 radical (unpaired) electrons. The molecule has 1 saturated heterocycles. The number of aliphatic imine (C=N–C) groups is 1. The van der Waals surface area contributed by atoms with Gasteiger partial charge in [0.05, 0.1) is 13.4 Å². The van der Waals surface area contributed by atoms with Gasteiger partial charge in [0.15, 0.2) is 0 Å². The molecule has 1 aromatic rings.